The molecule has 0 spiro atoms. The fourth-order valence-corrected chi connectivity index (χ4v) is 2.57. The number of hydrogen-bond acceptors (Lipinski definition) is 4. The Morgan fingerprint density at radius 1 is 1.23 bits per heavy atom. The summed E-state index contributed by atoms with van der Waals surface area (Å²) in [6.07, 6.45) is 0. The smallest absolute Gasteiger partial charge is 0.243 e. The summed E-state index contributed by atoms with van der Waals surface area (Å²) in [5.41, 5.74) is -0.291. The van der Waals surface area contributed by atoms with Crippen LogP contribution in [0.5, 0.6) is 0 Å². The first kappa shape index (κ1) is 24.6. The number of nitrogens with zero attached hydrogens (tertiary/aromatic N) is 3. The Kier molecular flexibility index (Phi) is 10.8. The molecule has 0 radical (unpaired) electrons. The van der Waals surface area contributed by atoms with Gasteiger partial charge in [-0.3, -0.25) is 9.59 Å². The van der Waals surface area contributed by atoms with E-state index in [2.05, 4.69) is 15.6 Å². The van der Waals surface area contributed by atoms with Crippen LogP contribution >= 0.6 is 35.3 Å². The van der Waals surface area contributed by atoms with Gasteiger partial charge in [0.15, 0.2) is 5.96 Å². The fourth-order valence-electron chi connectivity index (χ4n) is 1.92. The van der Waals surface area contributed by atoms with Crippen LogP contribution in [-0.2, 0) is 16.1 Å². The first-order chi connectivity index (χ1) is 11.6. The molecule has 0 atom stereocenters. The second-order valence-electron chi connectivity index (χ2n) is 7.02. The van der Waals surface area contributed by atoms with Gasteiger partial charge < -0.3 is 20.4 Å². The monoisotopic (exact) mass is 495 g/mol. The van der Waals surface area contributed by atoms with Crippen molar-refractivity contribution in [2.24, 2.45) is 4.99 Å². The van der Waals surface area contributed by atoms with Crippen LogP contribution in [0.4, 0.5) is 0 Å². The lowest BCUT2D eigenvalue weighted by molar-refractivity contribution is -0.127. The molecule has 0 fully saturated rings. The van der Waals surface area contributed by atoms with Crippen molar-refractivity contribution < 1.29 is 9.59 Å². The van der Waals surface area contributed by atoms with E-state index in [-0.39, 0.29) is 54.4 Å². The molecule has 1 heterocycles. The number of aliphatic imine (C=N–C) groups is 1. The van der Waals surface area contributed by atoms with Gasteiger partial charge in [0.25, 0.3) is 0 Å². The number of amides is 2. The number of carbonyl (C=O) groups excluding carboxylic acids is 2. The lowest BCUT2D eigenvalue weighted by atomic mass is 10.1. The van der Waals surface area contributed by atoms with Gasteiger partial charge in [0.05, 0.1) is 13.1 Å². The fraction of sp³-hybridized carbons (Fsp3) is 0.588. The lowest BCUT2D eigenvalue weighted by Gasteiger charge is -2.25. The van der Waals surface area contributed by atoms with Crippen molar-refractivity contribution in [1.82, 2.24) is 20.4 Å². The Hall–Kier alpha value is -1.36. The summed E-state index contributed by atoms with van der Waals surface area (Å²) in [4.78, 5) is 32.7. The van der Waals surface area contributed by atoms with Crippen molar-refractivity contribution >= 4 is 53.1 Å². The van der Waals surface area contributed by atoms with Crippen molar-refractivity contribution in [1.29, 1.82) is 0 Å². The Bertz CT molecular complexity index is 597. The molecule has 1 rings (SSSR count). The van der Waals surface area contributed by atoms with Gasteiger partial charge in [-0.25, -0.2) is 4.99 Å². The summed E-state index contributed by atoms with van der Waals surface area (Å²) in [5.74, 6) is 0.329. The molecule has 148 valence electrons. The van der Waals surface area contributed by atoms with Gasteiger partial charge in [-0.15, -0.1) is 35.3 Å². The van der Waals surface area contributed by atoms with E-state index in [0.717, 1.165) is 4.88 Å². The number of thiophene rings is 1. The van der Waals surface area contributed by atoms with Crippen LogP contribution in [0.25, 0.3) is 0 Å². The maximum absolute atomic E-state index is 12.1. The molecule has 2 N–H and O–H groups in total. The van der Waals surface area contributed by atoms with Crippen molar-refractivity contribution in [3.63, 3.8) is 0 Å². The summed E-state index contributed by atoms with van der Waals surface area (Å²) in [7, 11) is 5.16. The highest BCUT2D eigenvalue weighted by Crippen LogP contribution is 2.07. The number of carbonyl (C=O) groups is 2. The summed E-state index contributed by atoms with van der Waals surface area (Å²) in [5, 5.41) is 8.15. The molecule has 1 aromatic heterocycles. The van der Waals surface area contributed by atoms with Crippen LogP contribution in [0.1, 0.15) is 25.6 Å². The molecule has 0 aliphatic rings. The average Bonchev–Trinajstić information content (AvgIpc) is 2.97. The Balaban J connectivity index is 0.00000625. The van der Waals surface area contributed by atoms with Gasteiger partial charge in [-0.05, 0) is 32.2 Å². The summed E-state index contributed by atoms with van der Waals surface area (Å²) >= 11 is 1.64. The van der Waals surface area contributed by atoms with E-state index in [0.29, 0.717) is 12.5 Å². The van der Waals surface area contributed by atoms with E-state index in [1.54, 1.807) is 37.4 Å². The molecule has 0 aliphatic carbocycles. The SMILES string of the molecule is CN(C)C(=O)CN=C(NCc1cccs1)N(C)CC(=O)NC(C)(C)C.I. The molecule has 0 unspecified atom stereocenters. The molecule has 0 aliphatic heterocycles. The van der Waals surface area contributed by atoms with E-state index >= 15 is 0 Å². The van der Waals surface area contributed by atoms with Crippen LogP contribution in [0.15, 0.2) is 22.5 Å². The van der Waals surface area contributed by atoms with E-state index in [4.69, 9.17) is 0 Å². The maximum atomic E-state index is 12.1. The molecule has 1 aromatic rings. The molecule has 7 nitrogen and oxygen atoms in total. The van der Waals surface area contributed by atoms with Gasteiger partial charge in [0, 0.05) is 31.6 Å². The van der Waals surface area contributed by atoms with Gasteiger partial charge in [-0.1, -0.05) is 6.07 Å². The molecule has 0 bridgehead atoms. The molecule has 0 aromatic carbocycles. The molecular weight excluding hydrogens is 465 g/mol. The Labute approximate surface area is 177 Å². The van der Waals surface area contributed by atoms with Crippen molar-refractivity contribution in [2.75, 3.05) is 34.2 Å². The highest BCUT2D eigenvalue weighted by molar-refractivity contribution is 14.0. The number of hydrogen-bond donors (Lipinski definition) is 2. The van der Waals surface area contributed by atoms with Crippen LogP contribution in [-0.4, -0.2) is 67.3 Å². The minimum atomic E-state index is -0.291. The first-order valence-electron chi connectivity index (χ1n) is 8.11. The second kappa shape index (κ2) is 11.4. The third-order valence-corrected chi connectivity index (χ3v) is 4.00. The zero-order chi connectivity index (χ0) is 19.0. The summed E-state index contributed by atoms with van der Waals surface area (Å²) in [6, 6.07) is 4.00. The first-order valence-corrected chi connectivity index (χ1v) is 8.99. The third-order valence-electron chi connectivity index (χ3n) is 3.12. The third kappa shape index (κ3) is 9.95. The normalized spacial score (nSPS) is 11.4. The standard InChI is InChI=1S/C17H29N5O2S.HI/c1-17(2,3)20-14(23)12-22(6)16(19-11-15(24)21(4)5)18-10-13-8-7-9-25-13;/h7-9H,10-12H2,1-6H3,(H,18,19)(H,20,23);1H. The highest BCUT2D eigenvalue weighted by atomic mass is 127. The largest absolute Gasteiger partial charge is 0.351 e. The minimum Gasteiger partial charge on any atom is -0.351 e. The zero-order valence-electron chi connectivity index (χ0n) is 16.3. The number of likely N-dealkylation sites (N-methyl/N-ethyl adjacent to an activating group) is 2. The van der Waals surface area contributed by atoms with Crippen LogP contribution in [0, 0.1) is 0 Å². The number of rotatable bonds is 6. The molecular formula is C17H30IN5O2S. The molecule has 9 heteroatoms. The predicted molar refractivity (Wildman–Crippen MR) is 118 cm³/mol. The average molecular weight is 495 g/mol. The molecule has 0 saturated carbocycles. The van der Waals surface area contributed by atoms with Crippen LogP contribution in [0.2, 0.25) is 0 Å². The second-order valence-corrected chi connectivity index (χ2v) is 8.05. The van der Waals surface area contributed by atoms with Crippen LogP contribution < -0.4 is 10.6 Å². The quantitative estimate of drug-likeness (QED) is 0.358. The van der Waals surface area contributed by atoms with E-state index in [9.17, 15) is 9.59 Å². The molecule has 26 heavy (non-hydrogen) atoms. The number of halogens is 1. The number of guanidine groups is 1. The van der Waals surface area contributed by atoms with Gasteiger partial charge in [0.2, 0.25) is 11.8 Å². The lowest BCUT2D eigenvalue weighted by Crippen LogP contribution is -2.48. The van der Waals surface area contributed by atoms with E-state index in [1.807, 2.05) is 38.3 Å². The van der Waals surface area contributed by atoms with Crippen molar-refractivity contribution in [3.05, 3.63) is 22.4 Å². The highest BCUT2D eigenvalue weighted by Gasteiger charge is 2.17. The Morgan fingerprint density at radius 3 is 2.38 bits per heavy atom. The van der Waals surface area contributed by atoms with Gasteiger partial charge in [0.1, 0.15) is 6.54 Å². The van der Waals surface area contributed by atoms with Crippen molar-refractivity contribution in [3.8, 4) is 0 Å². The molecule has 2 amide bonds. The Morgan fingerprint density at radius 2 is 1.88 bits per heavy atom. The zero-order valence-corrected chi connectivity index (χ0v) is 19.5. The number of nitrogens with one attached hydrogen (secondary N) is 2. The molecule has 0 saturated heterocycles. The van der Waals surface area contributed by atoms with Crippen LogP contribution in [0.3, 0.4) is 0 Å². The van der Waals surface area contributed by atoms with E-state index in [1.165, 1.54) is 4.90 Å². The van der Waals surface area contributed by atoms with E-state index < -0.39 is 0 Å². The summed E-state index contributed by atoms with van der Waals surface area (Å²) < 4.78 is 0. The topological polar surface area (TPSA) is 77.0 Å². The summed E-state index contributed by atoms with van der Waals surface area (Å²) in [6.45, 7) is 6.59. The van der Waals surface area contributed by atoms with Gasteiger partial charge in [-0.2, -0.15) is 0 Å². The minimum absolute atomic E-state index is 0. The maximum Gasteiger partial charge on any atom is 0.243 e. The van der Waals surface area contributed by atoms with Crippen molar-refractivity contribution in [2.45, 2.75) is 32.9 Å². The predicted octanol–water partition coefficient (Wildman–Crippen LogP) is 1.75. The van der Waals surface area contributed by atoms with Gasteiger partial charge >= 0.3 is 0 Å².